The lowest BCUT2D eigenvalue weighted by Gasteiger charge is -2.30. The highest BCUT2D eigenvalue weighted by atomic mass is 16.3. The predicted molar refractivity (Wildman–Crippen MR) is 108 cm³/mol. The van der Waals surface area contributed by atoms with E-state index < -0.39 is 0 Å². The largest absolute Gasteiger partial charge is 0.507 e. The smallest absolute Gasteiger partial charge is 0.217 e. The molecule has 140 valence electrons. The van der Waals surface area contributed by atoms with E-state index in [9.17, 15) is 9.90 Å². The Labute approximate surface area is 157 Å². The lowest BCUT2D eigenvalue weighted by atomic mass is 9.77. The number of nitrogens with one attached hydrogen (secondary N) is 1. The average molecular weight is 354 g/mol. The Bertz CT molecular complexity index is 745. The van der Waals surface area contributed by atoms with Crippen LogP contribution in [0.2, 0.25) is 0 Å². The molecule has 2 rings (SSSR count). The predicted octanol–water partition coefficient (Wildman–Crippen LogP) is 5.21. The van der Waals surface area contributed by atoms with Crippen LogP contribution >= 0.6 is 0 Å². The Morgan fingerprint density at radius 2 is 1.35 bits per heavy atom. The minimum absolute atomic E-state index is 0.0819. The summed E-state index contributed by atoms with van der Waals surface area (Å²) in [7, 11) is 0. The van der Waals surface area contributed by atoms with Gasteiger partial charge in [0.2, 0.25) is 5.91 Å². The summed E-state index contributed by atoms with van der Waals surface area (Å²) >= 11 is 0. The van der Waals surface area contributed by atoms with Gasteiger partial charge in [-0.25, -0.2) is 0 Å². The third-order valence-corrected chi connectivity index (χ3v) is 4.56. The highest BCUT2D eigenvalue weighted by Crippen LogP contribution is 2.41. The summed E-state index contributed by atoms with van der Waals surface area (Å²) in [5, 5.41) is 14.0. The maximum atomic E-state index is 11.9. The molecule has 3 nitrogen and oxygen atoms in total. The van der Waals surface area contributed by atoms with Gasteiger partial charge in [0.05, 0.1) is 6.04 Å². The Morgan fingerprint density at radius 3 is 1.73 bits per heavy atom. The van der Waals surface area contributed by atoms with Gasteiger partial charge in [-0.1, -0.05) is 71.9 Å². The van der Waals surface area contributed by atoms with E-state index in [1.54, 1.807) is 0 Å². The van der Waals surface area contributed by atoms with Gasteiger partial charge in [0.25, 0.3) is 0 Å². The van der Waals surface area contributed by atoms with Crippen molar-refractivity contribution in [2.45, 2.75) is 65.3 Å². The van der Waals surface area contributed by atoms with E-state index >= 15 is 0 Å². The van der Waals surface area contributed by atoms with Gasteiger partial charge in [-0.05, 0) is 45.2 Å². The standard InChI is InChI=1S/C23H31NO2/c1-15(25)24-20(16-11-9-8-10-12-16)17-13-18(22(2,3)4)21(26)19(14-17)23(5,6)7/h8-14,20,26H,1-7H3,(H,24,25). The zero-order valence-corrected chi connectivity index (χ0v) is 17.0. The van der Waals surface area contributed by atoms with Crippen molar-refractivity contribution in [2.24, 2.45) is 0 Å². The molecule has 0 heterocycles. The molecule has 0 saturated heterocycles. The molecule has 0 aliphatic rings. The van der Waals surface area contributed by atoms with Crippen LogP contribution in [0.25, 0.3) is 0 Å². The first kappa shape index (κ1) is 20.0. The number of phenolic OH excluding ortho intramolecular Hbond substituents is 1. The molecule has 1 unspecified atom stereocenters. The normalized spacial score (nSPS) is 13.3. The molecule has 0 aliphatic carbocycles. The van der Waals surface area contributed by atoms with Crippen LogP contribution in [-0.2, 0) is 15.6 Å². The van der Waals surface area contributed by atoms with Gasteiger partial charge in [-0.3, -0.25) is 4.79 Å². The van der Waals surface area contributed by atoms with Crippen molar-refractivity contribution in [3.05, 3.63) is 64.7 Å². The van der Waals surface area contributed by atoms with Crippen molar-refractivity contribution in [3.8, 4) is 5.75 Å². The number of amides is 1. The van der Waals surface area contributed by atoms with Crippen LogP contribution in [0.3, 0.4) is 0 Å². The van der Waals surface area contributed by atoms with Gasteiger partial charge in [0.1, 0.15) is 5.75 Å². The number of benzene rings is 2. The first-order chi connectivity index (χ1) is 11.9. The van der Waals surface area contributed by atoms with E-state index in [1.807, 2.05) is 42.5 Å². The lowest BCUT2D eigenvalue weighted by molar-refractivity contribution is -0.119. The Morgan fingerprint density at radius 1 is 0.885 bits per heavy atom. The summed E-state index contributed by atoms with van der Waals surface area (Å²) in [5.41, 5.74) is 3.37. The van der Waals surface area contributed by atoms with Crippen molar-refractivity contribution in [1.29, 1.82) is 0 Å². The quantitative estimate of drug-likeness (QED) is 0.795. The van der Waals surface area contributed by atoms with Gasteiger partial charge in [0, 0.05) is 6.92 Å². The van der Waals surface area contributed by atoms with Crippen LogP contribution in [0, 0.1) is 0 Å². The van der Waals surface area contributed by atoms with Crippen LogP contribution in [0.4, 0.5) is 0 Å². The molecule has 0 spiro atoms. The van der Waals surface area contributed by atoms with E-state index in [1.165, 1.54) is 6.92 Å². The second kappa shape index (κ2) is 7.14. The maximum absolute atomic E-state index is 11.9. The summed E-state index contributed by atoms with van der Waals surface area (Å²) < 4.78 is 0. The Hall–Kier alpha value is -2.29. The monoisotopic (exact) mass is 353 g/mol. The van der Waals surface area contributed by atoms with Crippen LogP contribution < -0.4 is 5.32 Å². The topological polar surface area (TPSA) is 49.3 Å². The molecular formula is C23H31NO2. The molecule has 0 aliphatic heterocycles. The summed E-state index contributed by atoms with van der Waals surface area (Å²) in [6, 6.07) is 13.7. The minimum Gasteiger partial charge on any atom is -0.507 e. The van der Waals surface area contributed by atoms with Crippen molar-refractivity contribution >= 4 is 5.91 Å². The van der Waals surface area contributed by atoms with Gasteiger partial charge < -0.3 is 10.4 Å². The molecule has 26 heavy (non-hydrogen) atoms. The molecule has 1 atom stereocenters. The molecular weight excluding hydrogens is 322 g/mol. The fourth-order valence-electron chi connectivity index (χ4n) is 3.17. The molecule has 0 radical (unpaired) electrons. The van der Waals surface area contributed by atoms with Crippen LogP contribution in [0.1, 0.15) is 76.8 Å². The zero-order chi connectivity index (χ0) is 19.7. The molecule has 2 N–H and O–H groups in total. The highest BCUT2D eigenvalue weighted by molar-refractivity contribution is 5.74. The Balaban J connectivity index is 2.74. The first-order valence-corrected chi connectivity index (χ1v) is 9.11. The lowest BCUT2D eigenvalue weighted by Crippen LogP contribution is -2.28. The van der Waals surface area contributed by atoms with E-state index in [-0.39, 0.29) is 22.8 Å². The second-order valence-electron chi connectivity index (χ2n) is 9.01. The number of hydrogen-bond donors (Lipinski definition) is 2. The molecule has 2 aromatic rings. The van der Waals surface area contributed by atoms with Gasteiger partial charge in [-0.2, -0.15) is 0 Å². The fourth-order valence-corrected chi connectivity index (χ4v) is 3.17. The SMILES string of the molecule is CC(=O)NC(c1ccccc1)c1cc(C(C)(C)C)c(O)c(C(C)(C)C)c1. The summed E-state index contributed by atoms with van der Waals surface area (Å²) in [6.07, 6.45) is 0. The van der Waals surface area contributed by atoms with Crippen LogP contribution in [-0.4, -0.2) is 11.0 Å². The number of aromatic hydroxyl groups is 1. The molecule has 3 heteroatoms. The molecule has 1 amide bonds. The first-order valence-electron chi connectivity index (χ1n) is 9.11. The number of carbonyl (C=O) groups is 1. The van der Waals surface area contributed by atoms with Crippen molar-refractivity contribution in [2.75, 3.05) is 0 Å². The summed E-state index contributed by atoms with van der Waals surface area (Å²) in [5.74, 6) is 0.268. The van der Waals surface area contributed by atoms with Crippen molar-refractivity contribution in [3.63, 3.8) is 0 Å². The number of carbonyl (C=O) groups excluding carboxylic acids is 1. The summed E-state index contributed by atoms with van der Waals surface area (Å²) in [4.78, 5) is 11.9. The Kier molecular flexibility index (Phi) is 5.50. The third kappa shape index (κ3) is 4.46. The van der Waals surface area contributed by atoms with Gasteiger partial charge >= 0.3 is 0 Å². The van der Waals surface area contributed by atoms with Crippen LogP contribution in [0.15, 0.2) is 42.5 Å². The minimum atomic E-state index is -0.253. The number of hydrogen-bond acceptors (Lipinski definition) is 2. The zero-order valence-electron chi connectivity index (χ0n) is 17.0. The fraction of sp³-hybridized carbons (Fsp3) is 0.435. The van der Waals surface area contributed by atoms with E-state index in [0.29, 0.717) is 5.75 Å². The average Bonchev–Trinajstić information content (AvgIpc) is 2.51. The second-order valence-corrected chi connectivity index (χ2v) is 9.01. The molecule has 0 saturated carbocycles. The van der Waals surface area contributed by atoms with Crippen molar-refractivity contribution in [1.82, 2.24) is 5.32 Å². The van der Waals surface area contributed by atoms with Crippen LogP contribution in [0.5, 0.6) is 5.75 Å². The van der Waals surface area contributed by atoms with Gasteiger partial charge in [-0.15, -0.1) is 0 Å². The maximum Gasteiger partial charge on any atom is 0.217 e. The van der Waals surface area contributed by atoms with E-state index in [2.05, 4.69) is 46.9 Å². The molecule has 2 aromatic carbocycles. The van der Waals surface area contributed by atoms with E-state index in [0.717, 1.165) is 22.3 Å². The van der Waals surface area contributed by atoms with Crippen molar-refractivity contribution < 1.29 is 9.90 Å². The number of phenols is 1. The molecule has 0 fully saturated rings. The number of rotatable bonds is 3. The molecule has 0 aromatic heterocycles. The third-order valence-electron chi connectivity index (χ3n) is 4.56. The highest BCUT2D eigenvalue weighted by Gasteiger charge is 2.28. The van der Waals surface area contributed by atoms with E-state index in [4.69, 9.17) is 0 Å². The molecule has 0 bridgehead atoms. The summed E-state index contributed by atoms with van der Waals surface area (Å²) in [6.45, 7) is 14.1. The van der Waals surface area contributed by atoms with Gasteiger partial charge in [0.15, 0.2) is 0 Å².